The van der Waals surface area contributed by atoms with Gasteiger partial charge in [-0.15, -0.1) is 0 Å². The fraction of sp³-hybridized carbons (Fsp3) is 0.640. The number of sulfonamides is 1. The number of benzene rings is 1. The number of hydrogen-bond donors (Lipinski definition) is 0. The molecule has 2 aromatic rings. The zero-order valence-corrected chi connectivity index (χ0v) is 23.7. The Morgan fingerprint density at radius 3 is 2.14 bits per heavy atom. The summed E-state index contributed by atoms with van der Waals surface area (Å²) in [7, 11) is -3.24. The van der Waals surface area contributed by atoms with E-state index >= 15 is 0 Å². The van der Waals surface area contributed by atoms with E-state index in [1.165, 1.54) is 10.6 Å². The lowest BCUT2D eigenvalue weighted by atomic mass is 10.1. The molecule has 2 saturated heterocycles. The molecule has 8 nitrogen and oxygen atoms in total. The third kappa shape index (κ3) is 5.70. The van der Waals surface area contributed by atoms with E-state index in [0.717, 1.165) is 47.1 Å². The number of carbonyl (C=O) groups is 1. The smallest absolute Gasteiger partial charge is 0.270 e. The van der Waals surface area contributed by atoms with Crippen LogP contribution < -0.4 is 4.74 Å². The van der Waals surface area contributed by atoms with Crippen LogP contribution in [-0.2, 0) is 10.0 Å². The number of rotatable bonds is 6. The van der Waals surface area contributed by atoms with Crippen molar-refractivity contribution in [3.63, 3.8) is 0 Å². The molecule has 0 aliphatic carbocycles. The number of hydrogen-bond acceptors (Lipinski definition) is 5. The Bertz CT molecular complexity index is 1180. The van der Waals surface area contributed by atoms with E-state index in [9.17, 15) is 13.2 Å². The summed E-state index contributed by atoms with van der Waals surface area (Å²) in [5.41, 5.74) is 1.60. The van der Waals surface area contributed by atoms with Crippen LogP contribution in [0, 0.1) is 0 Å². The minimum Gasteiger partial charge on any atom is -0.489 e. The van der Waals surface area contributed by atoms with Crippen LogP contribution in [-0.4, -0.2) is 90.7 Å². The van der Waals surface area contributed by atoms with Gasteiger partial charge in [0.2, 0.25) is 10.0 Å². The number of nitrogens with zero attached hydrogens (tertiary/aromatic N) is 4. The van der Waals surface area contributed by atoms with E-state index in [4.69, 9.17) is 4.74 Å². The van der Waals surface area contributed by atoms with E-state index in [1.54, 1.807) is 4.90 Å². The molecule has 0 radical (unpaired) electrons. The predicted octanol–water partition coefficient (Wildman–Crippen LogP) is 3.95. The Hall–Kier alpha value is -1.62. The van der Waals surface area contributed by atoms with Gasteiger partial charge in [-0.05, 0) is 74.7 Å². The molecule has 0 bridgehead atoms. The number of aromatic nitrogens is 1. The monoisotopic (exact) mass is 568 g/mol. The number of piperazine rings is 1. The van der Waals surface area contributed by atoms with Crippen LogP contribution in [0.3, 0.4) is 0 Å². The van der Waals surface area contributed by atoms with Crippen molar-refractivity contribution >= 4 is 42.8 Å². The number of piperidine rings is 1. The van der Waals surface area contributed by atoms with Crippen molar-refractivity contribution in [3.05, 3.63) is 28.4 Å². The van der Waals surface area contributed by atoms with Crippen LogP contribution in [0.2, 0.25) is 0 Å². The lowest BCUT2D eigenvalue weighted by Crippen LogP contribution is -2.50. The average Bonchev–Trinajstić information content (AvgIpc) is 3.17. The normalized spacial score (nSPS) is 19.3. The summed E-state index contributed by atoms with van der Waals surface area (Å²) in [4.78, 5) is 17.7. The minimum atomic E-state index is -3.24. The second-order valence-electron chi connectivity index (χ2n) is 10.2. The molecule has 1 amide bonds. The van der Waals surface area contributed by atoms with Crippen molar-refractivity contribution in [2.45, 2.75) is 58.7 Å². The van der Waals surface area contributed by atoms with Crippen LogP contribution in [0.1, 0.15) is 57.1 Å². The van der Waals surface area contributed by atoms with Gasteiger partial charge in [-0.1, -0.05) is 0 Å². The molecule has 0 spiro atoms. The van der Waals surface area contributed by atoms with E-state index in [2.05, 4.69) is 53.1 Å². The molecule has 2 aliphatic rings. The van der Waals surface area contributed by atoms with Crippen molar-refractivity contribution < 1.29 is 17.9 Å². The molecule has 0 atom stereocenters. The van der Waals surface area contributed by atoms with Gasteiger partial charge in [0.15, 0.2) is 0 Å². The standard InChI is InChI=1S/C25H37BrN4O4S/c1-17(2)27-8-6-20(7-9-27)34-24-15-19-14-23(30(18(3)4)22(19)16-21(24)26)25(31)28-10-12-29(13-11-28)35(5,32)33/h14-18,20H,6-13H2,1-5H3. The SMILES string of the molecule is CC(C)N1CCC(Oc2cc3cc(C(=O)N4CCN(S(C)(=O)=O)CC4)n(C(C)C)c3cc2Br)CC1. The van der Waals surface area contributed by atoms with Crippen LogP contribution in [0.15, 0.2) is 22.7 Å². The molecule has 1 aromatic carbocycles. The first-order valence-corrected chi connectivity index (χ1v) is 15.1. The summed E-state index contributed by atoms with van der Waals surface area (Å²) in [5, 5.41) is 0.967. The van der Waals surface area contributed by atoms with Crippen LogP contribution in [0.5, 0.6) is 5.75 Å². The zero-order chi connectivity index (χ0) is 25.5. The Kier molecular flexibility index (Phi) is 7.85. The molecule has 2 aliphatic heterocycles. The number of carbonyl (C=O) groups excluding carboxylic acids is 1. The van der Waals surface area contributed by atoms with Gasteiger partial charge >= 0.3 is 0 Å². The summed E-state index contributed by atoms with van der Waals surface area (Å²) in [6.07, 6.45) is 3.39. The van der Waals surface area contributed by atoms with Crippen LogP contribution >= 0.6 is 15.9 Å². The lowest BCUT2D eigenvalue weighted by molar-refractivity contribution is 0.0686. The Morgan fingerprint density at radius 2 is 1.60 bits per heavy atom. The highest BCUT2D eigenvalue weighted by molar-refractivity contribution is 9.10. The summed E-state index contributed by atoms with van der Waals surface area (Å²) >= 11 is 3.70. The second-order valence-corrected chi connectivity index (χ2v) is 13.1. The summed E-state index contributed by atoms with van der Waals surface area (Å²) < 4.78 is 34.5. The molecule has 3 heterocycles. The Balaban J connectivity index is 1.56. The van der Waals surface area contributed by atoms with Gasteiger partial charge in [0, 0.05) is 56.7 Å². The average molecular weight is 570 g/mol. The fourth-order valence-corrected chi connectivity index (χ4v) is 6.37. The van der Waals surface area contributed by atoms with E-state index in [1.807, 2.05) is 18.2 Å². The molecular formula is C25H37BrN4O4S. The number of halogens is 1. The molecule has 0 N–H and O–H groups in total. The molecule has 4 rings (SSSR count). The third-order valence-electron chi connectivity index (χ3n) is 7.12. The van der Waals surface area contributed by atoms with Gasteiger partial charge < -0.3 is 19.1 Å². The summed E-state index contributed by atoms with van der Waals surface area (Å²) in [5.74, 6) is 0.741. The molecule has 0 unspecified atom stereocenters. The first kappa shape index (κ1) is 26.4. The maximum Gasteiger partial charge on any atom is 0.270 e. The van der Waals surface area contributed by atoms with Crippen molar-refractivity contribution in [3.8, 4) is 5.75 Å². The predicted molar refractivity (Wildman–Crippen MR) is 143 cm³/mol. The van der Waals surface area contributed by atoms with Crippen molar-refractivity contribution in [1.29, 1.82) is 0 Å². The van der Waals surface area contributed by atoms with Gasteiger partial charge in [-0.2, -0.15) is 4.31 Å². The van der Waals surface area contributed by atoms with Crippen LogP contribution in [0.4, 0.5) is 0 Å². The molecule has 0 saturated carbocycles. The number of likely N-dealkylation sites (tertiary alicyclic amines) is 1. The molecule has 2 fully saturated rings. The minimum absolute atomic E-state index is 0.0669. The first-order chi connectivity index (χ1) is 16.5. The van der Waals surface area contributed by atoms with Crippen molar-refractivity contribution in [2.75, 3.05) is 45.5 Å². The molecule has 35 heavy (non-hydrogen) atoms. The summed E-state index contributed by atoms with van der Waals surface area (Å²) in [6, 6.07) is 6.67. The molecule has 194 valence electrons. The highest BCUT2D eigenvalue weighted by Crippen LogP contribution is 2.36. The maximum absolute atomic E-state index is 13.5. The van der Waals surface area contributed by atoms with Gasteiger partial charge in [-0.3, -0.25) is 4.79 Å². The van der Waals surface area contributed by atoms with E-state index in [0.29, 0.717) is 37.9 Å². The maximum atomic E-state index is 13.5. The Labute approximate surface area is 217 Å². The van der Waals surface area contributed by atoms with Gasteiger partial charge in [0.05, 0.1) is 16.2 Å². The first-order valence-electron chi connectivity index (χ1n) is 12.4. The van der Waals surface area contributed by atoms with E-state index in [-0.39, 0.29) is 18.1 Å². The zero-order valence-electron chi connectivity index (χ0n) is 21.3. The fourth-order valence-electron chi connectivity index (χ4n) is 5.12. The van der Waals surface area contributed by atoms with Gasteiger partial charge in [-0.25, -0.2) is 8.42 Å². The van der Waals surface area contributed by atoms with Gasteiger partial charge in [0.1, 0.15) is 17.5 Å². The largest absolute Gasteiger partial charge is 0.489 e. The second kappa shape index (κ2) is 10.4. The lowest BCUT2D eigenvalue weighted by Gasteiger charge is -2.34. The highest BCUT2D eigenvalue weighted by atomic mass is 79.9. The number of fused-ring (bicyclic) bond motifs is 1. The topological polar surface area (TPSA) is 75.1 Å². The highest BCUT2D eigenvalue weighted by Gasteiger charge is 2.29. The van der Waals surface area contributed by atoms with Crippen molar-refractivity contribution in [2.24, 2.45) is 0 Å². The summed E-state index contributed by atoms with van der Waals surface area (Å²) in [6.45, 7) is 12.1. The number of ether oxygens (including phenoxy) is 1. The molecule has 10 heteroatoms. The van der Waals surface area contributed by atoms with Crippen molar-refractivity contribution in [1.82, 2.24) is 18.7 Å². The number of amides is 1. The van der Waals surface area contributed by atoms with Crippen LogP contribution in [0.25, 0.3) is 10.9 Å². The Morgan fingerprint density at radius 1 is 0.971 bits per heavy atom. The molecule has 1 aromatic heterocycles. The third-order valence-corrected chi connectivity index (χ3v) is 9.05. The van der Waals surface area contributed by atoms with E-state index < -0.39 is 10.0 Å². The quantitative estimate of drug-likeness (QED) is 0.527. The van der Waals surface area contributed by atoms with Gasteiger partial charge in [0.25, 0.3) is 5.91 Å². The molecular weight excluding hydrogens is 532 g/mol.